The van der Waals surface area contributed by atoms with E-state index in [1.807, 2.05) is 0 Å². The molecule has 0 saturated heterocycles. The Balaban J connectivity index is 2.56. The van der Waals surface area contributed by atoms with Crippen molar-refractivity contribution in [2.75, 3.05) is 0 Å². The van der Waals surface area contributed by atoms with E-state index >= 15 is 0 Å². The highest BCUT2D eigenvalue weighted by Gasteiger charge is 2.11. The monoisotopic (exact) mass is 177 g/mol. The first-order valence-corrected chi connectivity index (χ1v) is 3.69. The molecule has 2 aromatic rings. The normalized spacial score (nSPS) is 10.2. The van der Waals surface area contributed by atoms with Gasteiger partial charge < -0.3 is 4.42 Å². The van der Waals surface area contributed by atoms with E-state index in [1.54, 1.807) is 17.9 Å². The van der Waals surface area contributed by atoms with E-state index < -0.39 is 0 Å². The minimum Gasteiger partial charge on any atom is -0.442 e. The molecule has 0 saturated carbocycles. The van der Waals surface area contributed by atoms with Crippen LogP contribution in [0.3, 0.4) is 0 Å². The quantitative estimate of drug-likeness (QED) is 0.639. The Kier molecular flexibility index (Phi) is 1.70. The fourth-order valence-corrected chi connectivity index (χ4v) is 1.12. The van der Waals surface area contributed by atoms with Crippen molar-refractivity contribution >= 4 is 6.29 Å². The Morgan fingerprint density at radius 3 is 3.08 bits per heavy atom. The van der Waals surface area contributed by atoms with E-state index in [0.29, 0.717) is 17.0 Å². The molecule has 0 aliphatic rings. The number of hydrogen-bond acceptors (Lipinski definition) is 4. The summed E-state index contributed by atoms with van der Waals surface area (Å²) in [6.07, 6.45) is 5.20. The fraction of sp³-hybridized carbons (Fsp3) is 0.125. The number of aldehydes is 1. The van der Waals surface area contributed by atoms with Gasteiger partial charge in [0.15, 0.2) is 18.4 Å². The summed E-state index contributed by atoms with van der Waals surface area (Å²) in [4.78, 5) is 14.4. The molecule has 13 heavy (non-hydrogen) atoms. The molecule has 0 amide bonds. The third kappa shape index (κ3) is 1.24. The average molecular weight is 177 g/mol. The highest BCUT2D eigenvalue weighted by molar-refractivity contribution is 5.83. The molecule has 0 fully saturated rings. The van der Waals surface area contributed by atoms with Crippen LogP contribution in [0.4, 0.5) is 0 Å². The molecule has 2 rings (SSSR count). The molecule has 2 heterocycles. The van der Waals surface area contributed by atoms with Gasteiger partial charge in [-0.25, -0.2) is 4.98 Å². The van der Waals surface area contributed by atoms with Gasteiger partial charge in [-0.15, -0.1) is 0 Å². The predicted molar refractivity (Wildman–Crippen MR) is 44.1 cm³/mol. The lowest BCUT2D eigenvalue weighted by Gasteiger charge is -1.88. The number of carbonyl (C=O) groups excluding carboxylic acids is 1. The smallest absolute Gasteiger partial charge is 0.181 e. The van der Waals surface area contributed by atoms with Crippen LogP contribution in [0.25, 0.3) is 11.5 Å². The summed E-state index contributed by atoms with van der Waals surface area (Å²) < 4.78 is 6.59. The minimum absolute atomic E-state index is 0.499. The first-order chi connectivity index (χ1) is 6.31. The van der Waals surface area contributed by atoms with E-state index in [1.165, 1.54) is 12.6 Å². The third-order valence-electron chi connectivity index (χ3n) is 1.65. The molecule has 0 bridgehead atoms. The highest BCUT2D eigenvalue weighted by atomic mass is 16.3. The van der Waals surface area contributed by atoms with Crippen LogP contribution in [-0.4, -0.2) is 21.1 Å². The van der Waals surface area contributed by atoms with Crippen molar-refractivity contribution in [2.45, 2.75) is 0 Å². The van der Waals surface area contributed by atoms with Gasteiger partial charge in [0.05, 0.1) is 11.8 Å². The largest absolute Gasteiger partial charge is 0.442 e. The molecule has 0 aliphatic heterocycles. The molecule has 5 nitrogen and oxygen atoms in total. The second-order valence-electron chi connectivity index (χ2n) is 2.59. The summed E-state index contributed by atoms with van der Waals surface area (Å²) >= 11 is 0. The van der Waals surface area contributed by atoms with Crippen LogP contribution in [0, 0.1) is 0 Å². The van der Waals surface area contributed by atoms with Gasteiger partial charge in [-0.1, -0.05) is 0 Å². The molecule has 2 aromatic heterocycles. The first kappa shape index (κ1) is 7.72. The maximum Gasteiger partial charge on any atom is 0.181 e. The Morgan fingerprint density at radius 1 is 1.62 bits per heavy atom. The Hall–Kier alpha value is -1.91. The predicted octanol–water partition coefficient (Wildman–Crippen LogP) is 0.888. The number of carbonyl (C=O) groups is 1. The highest BCUT2D eigenvalue weighted by Crippen LogP contribution is 2.19. The van der Waals surface area contributed by atoms with Gasteiger partial charge in [-0.2, -0.15) is 5.10 Å². The second-order valence-corrected chi connectivity index (χ2v) is 2.59. The van der Waals surface area contributed by atoms with Crippen molar-refractivity contribution < 1.29 is 9.21 Å². The van der Waals surface area contributed by atoms with Gasteiger partial charge in [-0.05, 0) is 0 Å². The van der Waals surface area contributed by atoms with Crippen LogP contribution >= 0.6 is 0 Å². The van der Waals surface area contributed by atoms with Crippen LogP contribution < -0.4 is 0 Å². The number of aryl methyl sites for hydroxylation is 1. The van der Waals surface area contributed by atoms with Crippen LogP contribution in [0.1, 0.15) is 10.4 Å². The molecule has 0 aromatic carbocycles. The molecular weight excluding hydrogens is 170 g/mol. The van der Waals surface area contributed by atoms with Gasteiger partial charge in [0.1, 0.15) is 5.69 Å². The molecule has 0 unspecified atom stereocenters. The topological polar surface area (TPSA) is 60.9 Å². The second kappa shape index (κ2) is 2.85. The SMILES string of the molecule is Cn1cc(C=O)c(-c2cnco2)n1. The number of aromatic nitrogens is 3. The third-order valence-corrected chi connectivity index (χ3v) is 1.65. The van der Waals surface area contributed by atoms with Crippen LogP contribution in [-0.2, 0) is 7.05 Å². The van der Waals surface area contributed by atoms with Crippen molar-refractivity contribution in [3.63, 3.8) is 0 Å². The summed E-state index contributed by atoms with van der Waals surface area (Å²) in [7, 11) is 1.74. The summed E-state index contributed by atoms with van der Waals surface area (Å²) in [5, 5.41) is 4.08. The lowest BCUT2D eigenvalue weighted by Crippen LogP contribution is -1.86. The van der Waals surface area contributed by atoms with Gasteiger partial charge in [0.2, 0.25) is 0 Å². The molecule has 0 atom stereocenters. The maximum absolute atomic E-state index is 10.6. The van der Waals surface area contributed by atoms with Gasteiger partial charge >= 0.3 is 0 Å². The Morgan fingerprint density at radius 2 is 2.46 bits per heavy atom. The van der Waals surface area contributed by atoms with E-state index in [4.69, 9.17) is 4.42 Å². The summed E-state index contributed by atoms with van der Waals surface area (Å²) in [5.74, 6) is 0.503. The minimum atomic E-state index is 0.499. The molecule has 0 spiro atoms. The molecule has 66 valence electrons. The Bertz CT molecular complexity index is 417. The fourth-order valence-electron chi connectivity index (χ4n) is 1.12. The van der Waals surface area contributed by atoms with Crippen molar-refractivity contribution in [3.05, 3.63) is 24.4 Å². The van der Waals surface area contributed by atoms with Crippen LogP contribution in [0.5, 0.6) is 0 Å². The van der Waals surface area contributed by atoms with E-state index in [0.717, 1.165) is 6.29 Å². The van der Waals surface area contributed by atoms with Crippen molar-refractivity contribution in [1.82, 2.24) is 14.8 Å². The molecule has 5 heteroatoms. The summed E-state index contributed by atoms with van der Waals surface area (Å²) in [5.41, 5.74) is 1.02. The number of rotatable bonds is 2. The van der Waals surface area contributed by atoms with Gasteiger partial charge in [0.25, 0.3) is 0 Å². The Labute approximate surface area is 74.0 Å². The average Bonchev–Trinajstić information content (AvgIpc) is 2.71. The van der Waals surface area contributed by atoms with E-state index in [2.05, 4.69) is 10.1 Å². The van der Waals surface area contributed by atoms with Crippen molar-refractivity contribution in [1.29, 1.82) is 0 Å². The van der Waals surface area contributed by atoms with E-state index in [9.17, 15) is 4.79 Å². The number of nitrogens with zero attached hydrogens (tertiary/aromatic N) is 3. The zero-order chi connectivity index (χ0) is 9.26. The molecule has 0 radical (unpaired) electrons. The zero-order valence-electron chi connectivity index (χ0n) is 6.97. The standard InChI is InChI=1S/C8H7N3O2/c1-11-3-6(4-12)8(10-11)7-2-9-5-13-7/h2-5H,1H3. The molecule has 0 aliphatic carbocycles. The van der Waals surface area contributed by atoms with E-state index in [-0.39, 0.29) is 0 Å². The molecular formula is C8H7N3O2. The van der Waals surface area contributed by atoms with Gasteiger partial charge in [0, 0.05) is 13.2 Å². The first-order valence-electron chi connectivity index (χ1n) is 3.69. The zero-order valence-corrected chi connectivity index (χ0v) is 6.97. The molecule has 0 N–H and O–H groups in total. The lowest BCUT2D eigenvalue weighted by molar-refractivity contribution is 0.112. The maximum atomic E-state index is 10.6. The lowest BCUT2D eigenvalue weighted by atomic mass is 10.2. The summed E-state index contributed by atoms with van der Waals surface area (Å²) in [6.45, 7) is 0. The number of oxazole rings is 1. The van der Waals surface area contributed by atoms with Crippen molar-refractivity contribution in [3.8, 4) is 11.5 Å². The van der Waals surface area contributed by atoms with Crippen LogP contribution in [0.15, 0.2) is 23.2 Å². The summed E-state index contributed by atoms with van der Waals surface area (Å²) in [6, 6.07) is 0. The number of hydrogen-bond donors (Lipinski definition) is 0. The van der Waals surface area contributed by atoms with Crippen molar-refractivity contribution in [2.24, 2.45) is 7.05 Å². The van der Waals surface area contributed by atoms with Gasteiger partial charge in [-0.3, -0.25) is 9.48 Å². The van der Waals surface area contributed by atoms with Crippen LogP contribution in [0.2, 0.25) is 0 Å².